The van der Waals surface area contributed by atoms with Crippen LogP contribution >= 0.6 is 0 Å². The van der Waals surface area contributed by atoms with E-state index in [4.69, 9.17) is 9.26 Å². The Morgan fingerprint density at radius 2 is 2.15 bits per heavy atom. The summed E-state index contributed by atoms with van der Waals surface area (Å²) in [7, 11) is 1.60. The van der Waals surface area contributed by atoms with Crippen molar-refractivity contribution >= 4 is 5.91 Å². The van der Waals surface area contributed by atoms with Gasteiger partial charge in [-0.2, -0.15) is 4.98 Å². The standard InChI is InChI=1S/C18H20N6O3/c1-3-16-19-17(27-21-16)15-11-24(22-20-15)13-8-9-23(10-13)18(25)12-4-6-14(26-2)7-5-12/h4-7,11,13H,3,8-10H2,1-2H3. The van der Waals surface area contributed by atoms with Crippen molar-refractivity contribution in [2.24, 2.45) is 0 Å². The van der Waals surface area contributed by atoms with Crippen molar-refractivity contribution in [3.63, 3.8) is 0 Å². The van der Waals surface area contributed by atoms with Gasteiger partial charge < -0.3 is 14.2 Å². The lowest BCUT2D eigenvalue weighted by Crippen LogP contribution is -2.29. The Morgan fingerprint density at radius 3 is 2.85 bits per heavy atom. The lowest BCUT2D eigenvalue weighted by molar-refractivity contribution is 0.0787. The highest BCUT2D eigenvalue weighted by molar-refractivity contribution is 5.94. The predicted octanol–water partition coefficient (Wildman–Crippen LogP) is 1.99. The van der Waals surface area contributed by atoms with Crippen LogP contribution in [0.3, 0.4) is 0 Å². The molecule has 1 aromatic carbocycles. The highest BCUT2D eigenvalue weighted by atomic mass is 16.5. The Balaban J connectivity index is 1.44. The van der Waals surface area contributed by atoms with Gasteiger partial charge in [0.1, 0.15) is 5.75 Å². The molecule has 3 heterocycles. The van der Waals surface area contributed by atoms with E-state index in [1.807, 2.05) is 11.8 Å². The number of amides is 1. The lowest BCUT2D eigenvalue weighted by atomic mass is 10.2. The number of hydrogen-bond acceptors (Lipinski definition) is 7. The van der Waals surface area contributed by atoms with Gasteiger partial charge in [0.05, 0.1) is 19.3 Å². The Labute approximate surface area is 155 Å². The molecule has 1 unspecified atom stereocenters. The van der Waals surface area contributed by atoms with Gasteiger partial charge in [-0.15, -0.1) is 5.10 Å². The summed E-state index contributed by atoms with van der Waals surface area (Å²) in [6, 6.07) is 7.21. The van der Waals surface area contributed by atoms with E-state index < -0.39 is 0 Å². The summed E-state index contributed by atoms with van der Waals surface area (Å²) < 4.78 is 12.1. The molecule has 1 saturated heterocycles. The zero-order valence-corrected chi connectivity index (χ0v) is 15.2. The Kier molecular flexibility index (Phi) is 4.57. The highest BCUT2D eigenvalue weighted by Gasteiger charge is 2.29. The first-order valence-corrected chi connectivity index (χ1v) is 8.86. The average molecular weight is 368 g/mol. The molecule has 1 atom stereocenters. The maximum absolute atomic E-state index is 12.7. The topological polar surface area (TPSA) is 99.2 Å². The predicted molar refractivity (Wildman–Crippen MR) is 95.2 cm³/mol. The van der Waals surface area contributed by atoms with Gasteiger partial charge in [-0.1, -0.05) is 17.3 Å². The molecular weight excluding hydrogens is 348 g/mol. The quantitative estimate of drug-likeness (QED) is 0.679. The molecule has 0 N–H and O–H groups in total. The lowest BCUT2D eigenvalue weighted by Gasteiger charge is -2.16. The number of benzene rings is 1. The fraction of sp³-hybridized carbons (Fsp3) is 0.389. The van der Waals surface area contributed by atoms with E-state index in [0.717, 1.165) is 12.2 Å². The van der Waals surface area contributed by atoms with Crippen LogP contribution in [-0.2, 0) is 6.42 Å². The minimum absolute atomic E-state index is 0.00461. The molecule has 9 heteroatoms. The van der Waals surface area contributed by atoms with Gasteiger partial charge in [-0.3, -0.25) is 4.79 Å². The first kappa shape index (κ1) is 17.2. The van der Waals surface area contributed by atoms with Crippen molar-refractivity contribution in [3.05, 3.63) is 41.9 Å². The molecule has 2 aromatic heterocycles. The molecule has 1 amide bonds. The fourth-order valence-electron chi connectivity index (χ4n) is 3.11. The maximum atomic E-state index is 12.7. The van der Waals surface area contributed by atoms with Gasteiger partial charge in [0, 0.05) is 25.1 Å². The van der Waals surface area contributed by atoms with E-state index >= 15 is 0 Å². The van der Waals surface area contributed by atoms with Crippen molar-refractivity contribution in [3.8, 4) is 17.3 Å². The van der Waals surface area contributed by atoms with Gasteiger partial charge in [-0.25, -0.2) is 4.68 Å². The number of aromatic nitrogens is 5. The van der Waals surface area contributed by atoms with Crippen LogP contribution in [0, 0.1) is 0 Å². The number of rotatable bonds is 5. The SMILES string of the molecule is CCc1noc(-c2cn(C3CCN(C(=O)c4ccc(OC)cc4)C3)nn2)n1. The third-order valence-electron chi connectivity index (χ3n) is 4.68. The van der Waals surface area contributed by atoms with Crippen molar-refractivity contribution in [1.29, 1.82) is 0 Å². The number of nitrogens with zero attached hydrogens (tertiary/aromatic N) is 6. The molecule has 1 aliphatic rings. The van der Waals surface area contributed by atoms with Crippen molar-refractivity contribution in [1.82, 2.24) is 30.0 Å². The first-order chi connectivity index (χ1) is 13.2. The van der Waals surface area contributed by atoms with Gasteiger partial charge >= 0.3 is 0 Å². The Hall–Kier alpha value is -3.23. The number of carbonyl (C=O) groups is 1. The summed E-state index contributed by atoms with van der Waals surface area (Å²) in [5.41, 5.74) is 1.19. The molecule has 0 radical (unpaired) electrons. The summed E-state index contributed by atoms with van der Waals surface area (Å²) >= 11 is 0. The molecule has 4 rings (SSSR count). The van der Waals surface area contributed by atoms with Crippen molar-refractivity contribution < 1.29 is 14.1 Å². The molecule has 3 aromatic rings. The third kappa shape index (κ3) is 3.40. The monoisotopic (exact) mass is 368 g/mol. The van der Waals surface area contributed by atoms with E-state index in [9.17, 15) is 4.79 Å². The van der Waals surface area contributed by atoms with Crippen LogP contribution in [0.25, 0.3) is 11.6 Å². The second kappa shape index (κ2) is 7.18. The van der Waals surface area contributed by atoms with Crippen LogP contribution in [0.15, 0.2) is 35.0 Å². The van der Waals surface area contributed by atoms with Gasteiger partial charge in [0.15, 0.2) is 11.5 Å². The minimum Gasteiger partial charge on any atom is -0.497 e. The van der Waals surface area contributed by atoms with E-state index in [1.54, 1.807) is 42.3 Å². The second-order valence-electron chi connectivity index (χ2n) is 6.38. The van der Waals surface area contributed by atoms with Crippen LogP contribution in [-0.4, -0.2) is 56.1 Å². The van der Waals surface area contributed by atoms with E-state index in [1.165, 1.54) is 0 Å². The third-order valence-corrected chi connectivity index (χ3v) is 4.68. The van der Waals surface area contributed by atoms with Crippen molar-refractivity contribution in [2.45, 2.75) is 25.8 Å². The Bertz CT molecular complexity index is 933. The molecule has 0 spiro atoms. The normalized spacial score (nSPS) is 16.7. The van der Waals surface area contributed by atoms with E-state index in [2.05, 4.69) is 20.5 Å². The van der Waals surface area contributed by atoms with E-state index in [-0.39, 0.29) is 11.9 Å². The first-order valence-electron chi connectivity index (χ1n) is 8.86. The minimum atomic E-state index is 0.00461. The van der Waals surface area contributed by atoms with Crippen molar-refractivity contribution in [2.75, 3.05) is 20.2 Å². The molecule has 140 valence electrons. The maximum Gasteiger partial charge on any atom is 0.280 e. The van der Waals surface area contributed by atoms with Gasteiger partial charge in [0.2, 0.25) is 0 Å². The number of carbonyl (C=O) groups excluding carboxylic acids is 1. The van der Waals surface area contributed by atoms with Crippen LogP contribution < -0.4 is 4.74 Å². The molecule has 0 saturated carbocycles. The zero-order chi connectivity index (χ0) is 18.8. The number of hydrogen-bond donors (Lipinski definition) is 0. The van der Waals surface area contributed by atoms with E-state index in [0.29, 0.717) is 42.5 Å². The van der Waals surface area contributed by atoms with Crippen LogP contribution in [0.4, 0.5) is 0 Å². The molecule has 1 aliphatic heterocycles. The number of likely N-dealkylation sites (tertiary alicyclic amines) is 1. The molecule has 0 aliphatic carbocycles. The summed E-state index contributed by atoms with van der Waals surface area (Å²) in [4.78, 5) is 18.8. The number of ether oxygens (including phenoxy) is 1. The molecule has 27 heavy (non-hydrogen) atoms. The smallest absolute Gasteiger partial charge is 0.280 e. The summed E-state index contributed by atoms with van der Waals surface area (Å²) in [5, 5.41) is 12.2. The summed E-state index contributed by atoms with van der Waals surface area (Å²) in [6.45, 7) is 3.21. The van der Waals surface area contributed by atoms with Crippen LogP contribution in [0.2, 0.25) is 0 Å². The largest absolute Gasteiger partial charge is 0.497 e. The van der Waals surface area contributed by atoms with Gasteiger partial charge in [0.25, 0.3) is 11.8 Å². The van der Waals surface area contributed by atoms with Crippen LogP contribution in [0.5, 0.6) is 5.75 Å². The average Bonchev–Trinajstić information content (AvgIpc) is 3.46. The molecule has 1 fully saturated rings. The fourth-order valence-corrected chi connectivity index (χ4v) is 3.11. The molecular formula is C18H20N6O3. The molecule has 9 nitrogen and oxygen atoms in total. The number of methoxy groups -OCH3 is 1. The zero-order valence-electron chi connectivity index (χ0n) is 15.2. The molecule has 0 bridgehead atoms. The number of aryl methyl sites for hydroxylation is 1. The Morgan fingerprint density at radius 1 is 1.33 bits per heavy atom. The highest BCUT2D eigenvalue weighted by Crippen LogP contribution is 2.24. The summed E-state index contributed by atoms with van der Waals surface area (Å²) in [6.07, 6.45) is 3.30. The van der Waals surface area contributed by atoms with Crippen LogP contribution in [0.1, 0.15) is 35.6 Å². The van der Waals surface area contributed by atoms with Gasteiger partial charge in [-0.05, 0) is 30.7 Å². The summed E-state index contributed by atoms with van der Waals surface area (Å²) in [5.74, 6) is 1.73. The second-order valence-corrected chi connectivity index (χ2v) is 6.38.